The number of benzene rings is 2. The van der Waals surface area contributed by atoms with Crippen LogP contribution >= 0.6 is 23.1 Å². The van der Waals surface area contributed by atoms with Crippen LogP contribution in [0.2, 0.25) is 0 Å². The quantitative estimate of drug-likeness (QED) is 0.307. The lowest BCUT2D eigenvalue weighted by atomic mass is 10.2. The number of methoxy groups -OCH3 is 1. The molecule has 0 radical (unpaired) electrons. The van der Waals surface area contributed by atoms with Gasteiger partial charge in [-0.3, -0.25) is 4.55 Å². The molecule has 180 valence electrons. The van der Waals surface area contributed by atoms with Crippen molar-refractivity contribution in [3.8, 4) is 5.75 Å². The van der Waals surface area contributed by atoms with Crippen LogP contribution in [0, 0.1) is 6.92 Å². The van der Waals surface area contributed by atoms with Gasteiger partial charge in [0.25, 0.3) is 15.1 Å². The highest BCUT2D eigenvalue weighted by Crippen LogP contribution is 2.47. The Kier molecular flexibility index (Phi) is 7.37. The second kappa shape index (κ2) is 10.1. The van der Waals surface area contributed by atoms with E-state index in [1.165, 1.54) is 4.90 Å². The molecule has 0 saturated carbocycles. The zero-order chi connectivity index (χ0) is 24.5. The van der Waals surface area contributed by atoms with Gasteiger partial charge in [0.2, 0.25) is 5.52 Å². The lowest BCUT2D eigenvalue weighted by Crippen LogP contribution is -2.36. The fraction of sp³-hybridized carbons (Fsp3) is 0.320. The summed E-state index contributed by atoms with van der Waals surface area (Å²) >= 11 is 3.43. The first-order valence-corrected chi connectivity index (χ1v) is 14.3. The Morgan fingerprint density at radius 1 is 1.24 bits per heavy atom. The summed E-state index contributed by atoms with van der Waals surface area (Å²) < 4.78 is 40.4. The molecular formula is C25H29N2O4S3+. The highest BCUT2D eigenvalue weighted by atomic mass is 32.2. The molecule has 1 N–H and O–H groups in total. The van der Waals surface area contributed by atoms with Gasteiger partial charge in [0, 0.05) is 36.1 Å². The van der Waals surface area contributed by atoms with E-state index in [9.17, 15) is 8.42 Å². The number of hydrogen-bond donors (Lipinski definition) is 1. The summed E-state index contributed by atoms with van der Waals surface area (Å²) in [5.41, 5.74) is 4.49. The van der Waals surface area contributed by atoms with Gasteiger partial charge in [-0.2, -0.15) is 13.0 Å². The average Bonchev–Trinajstić information content (AvgIpc) is 3.29. The molecule has 6 nitrogen and oxygen atoms in total. The van der Waals surface area contributed by atoms with Gasteiger partial charge in [-0.25, -0.2) is 0 Å². The minimum atomic E-state index is -3.98. The first-order valence-electron chi connectivity index (χ1n) is 11.1. The van der Waals surface area contributed by atoms with E-state index in [0.717, 1.165) is 49.4 Å². The Morgan fingerprint density at radius 3 is 2.74 bits per heavy atom. The maximum Gasteiger partial charge on any atom is 0.265 e. The van der Waals surface area contributed by atoms with Crippen LogP contribution in [0.25, 0.3) is 16.3 Å². The lowest BCUT2D eigenvalue weighted by Gasteiger charge is -2.18. The standard InChI is InChI=1S/C25H28N2O4S3/c1-5-26-21-16-19(31-4)8-10-23(21)32-24(26)14-18(3)15-25-27(11-6-12-34(28,29)30)20-13-17(2)7-9-22(20)33-25/h7-10,13-16H,5-6,11-12H2,1-4H3/p+1. The molecule has 3 aromatic rings. The maximum absolute atomic E-state index is 11.2. The predicted molar refractivity (Wildman–Crippen MR) is 141 cm³/mol. The molecular weight excluding hydrogens is 488 g/mol. The Morgan fingerprint density at radius 2 is 2.03 bits per heavy atom. The van der Waals surface area contributed by atoms with Crippen molar-refractivity contribution in [1.82, 2.24) is 0 Å². The molecule has 0 fully saturated rings. The van der Waals surface area contributed by atoms with Crippen molar-refractivity contribution in [1.29, 1.82) is 0 Å². The van der Waals surface area contributed by atoms with E-state index >= 15 is 0 Å². The number of thiazole rings is 1. The fourth-order valence-corrected chi connectivity index (χ4v) is 6.92. The number of aryl methyl sites for hydroxylation is 2. The van der Waals surface area contributed by atoms with Gasteiger partial charge >= 0.3 is 0 Å². The zero-order valence-electron chi connectivity index (χ0n) is 19.7. The van der Waals surface area contributed by atoms with Crippen molar-refractivity contribution in [2.24, 2.45) is 0 Å². The van der Waals surface area contributed by atoms with E-state index < -0.39 is 10.1 Å². The first kappa shape index (κ1) is 24.8. The van der Waals surface area contributed by atoms with Crippen molar-refractivity contribution in [2.45, 2.75) is 38.6 Å². The molecule has 0 bridgehead atoms. The number of fused-ring (bicyclic) bond motifs is 2. The van der Waals surface area contributed by atoms with Crippen LogP contribution in [0.1, 0.15) is 30.8 Å². The first-order chi connectivity index (χ1) is 16.2. The molecule has 0 atom stereocenters. The molecule has 1 aliphatic heterocycles. The third-order valence-corrected chi connectivity index (χ3v) is 8.66. The van der Waals surface area contributed by atoms with Crippen molar-refractivity contribution in [2.75, 3.05) is 24.3 Å². The predicted octanol–water partition coefficient (Wildman–Crippen LogP) is 5.66. The number of hydrogen-bond acceptors (Lipinski definition) is 6. The molecule has 9 heteroatoms. The van der Waals surface area contributed by atoms with E-state index in [2.05, 4.69) is 65.8 Å². The lowest BCUT2D eigenvalue weighted by molar-refractivity contribution is -0.668. The number of anilines is 1. The summed E-state index contributed by atoms with van der Waals surface area (Å²) in [5, 5.41) is 2.21. The summed E-state index contributed by atoms with van der Waals surface area (Å²) in [7, 11) is -2.30. The SMILES string of the molecule is CCN1/C(=C\C(C)=C/c2sc3ccc(C)cc3[n+]2CCCS(=O)(=O)O)Sc2ccc(OC)cc21. The van der Waals surface area contributed by atoms with Crippen LogP contribution < -0.4 is 14.2 Å². The molecule has 34 heavy (non-hydrogen) atoms. The molecule has 0 saturated heterocycles. The Labute approximate surface area is 209 Å². The van der Waals surface area contributed by atoms with Gasteiger partial charge in [0.05, 0.1) is 23.6 Å². The van der Waals surface area contributed by atoms with Gasteiger partial charge in [-0.05, 0) is 56.2 Å². The van der Waals surface area contributed by atoms with Crippen LogP contribution in [0.4, 0.5) is 5.69 Å². The summed E-state index contributed by atoms with van der Waals surface area (Å²) in [6, 6.07) is 12.5. The van der Waals surface area contributed by atoms with Crippen LogP contribution in [-0.2, 0) is 16.7 Å². The smallest absolute Gasteiger partial charge is 0.265 e. The highest BCUT2D eigenvalue weighted by Gasteiger charge is 2.25. The Bertz CT molecular complexity index is 1390. The summed E-state index contributed by atoms with van der Waals surface area (Å²) in [5.74, 6) is 0.594. The topological polar surface area (TPSA) is 70.7 Å². The van der Waals surface area contributed by atoms with Crippen LogP contribution in [0.3, 0.4) is 0 Å². The maximum atomic E-state index is 11.2. The number of aromatic nitrogens is 1. The molecule has 0 aliphatic carbocycles. The normalized spacial score (nSPS) is 15.4. The number of thioether (sulfide) groups is 1. The van der Waals surface area contributed by atoms with Gasteiger partial charge in [0.15, 0.2) is 6.54 Å². The van der Waals surface area contributed by atoms with E-state index in [-0.39, 0.29) is 5.75 Å². The summed E-state index contributed by atoms with van der Waals surface area (Å²) in [4.78, 5) is 3.49. The highest BCUT2D eigenvalue weighted by molar-refractivity contribution is 8.03. The van der Waals surface area contributed by atoms with Crippen molar-refractivity contribution in [3.63, 3.8) is 0 Å². The third kappa shape index (κ3) is 5.49. The average molecular weight is 518 g/mol. The van der Waals surface area contributed by atoms with Crippen LogP contribution in [0.5, 0.6) is 5.75 Å². The molecule has 0 amide bonds. The molecule has 1 aliphatic rings. The molecule has 4 rings (SSSR count). The number of rotatable bonds is 8. The number of ether oxygens (including phenoxy) is 1. The molecule has 2 heterocycles. The summed E-state index contributed by atoms with van der Waals surface area (Å²) in [6.07, 6.45) is 4.69. The van der Waals surface area contributed by atoms with Gasteiger partial charge < -0.3 is 9.64 Å². The second-order valence-electron chi connectivity index (χ2n) is 8.25. The fourth-order valence-electron chi connectivity index (χ4n) is 4.03. The van der Waals surface area contributed by atoms with Crippen LogP contribution in [0.15, 0.2) is 58.0 Å². The van der Waals surface area contributed by atoms with E-state index in [4.69, 9.17) is 9.29 Å². The molecule has 0 spiro atoms. The van der Waals surface area contributed by atoms with Crippen molar-refractivity contribution < 1.29 is 22.3 Å². The van der Waals surface area contributed by atoms with Crippen molar-refractivity contribution in [3.05, 3.63) is 63.6 Å². The molecule has 2 aromatic carbocycles. The molecule has 1 aromatic heterocycles. The zero-order valence-corrected chi connectivity index (χ0v) is 22.2. The Balaban J connectivity index is 1.68. The van der Waals surface area contributed by atoms with Crippen LogP contribution in [-0.4, -0.2) is 32.4 Å². The van der Waals surface area contributed by atoms with Gasteiger partial charge in [-0.15, -0.1) is 0 Å². The van der Waals surface area contributed by atoms with Gasteiger partial charge in [0.1, 0.15) is 10.4 Å². The largest absolute Gasteiger partial charge is 0.497 e. The second-order valence-corrected chi connectivity index (χ2v) is 12.0. The number of nitrogens with zero attached hydrogens (tertiary/aromatic N) is 2. The van der Waals surface area contributed by atoms with E-state index in [0.29, 0.717) is 13.0 Å². The minimum Gasteiger partial charge on any atom is -0.497 e. The van der Waals surface area contributed by atoms with E-state index in [1.54, 1.807) is 30.2 Å². The van der Waals surface area contributed by atoms with Crippen molar-refractivity contribution >= 4 is 55.2 Å². The van der Waals surface area contributed by atoms with Gasteiger partial charge in [-0.1, -0.05) is 29.2 Å². The summed E-state index contributed by atoms with van der Waals surface area (Å²) in [6.45, 7) is 7.64. The Hall–Kier alpha value is -2.33. The monoisotopic (exact) mass is 517 g/mol. The molecule has 0 unspecified atom stereocenters. The number of allylic oxidation sites excluding steroid dienone is 2. The minimum absolute atomic E-state index is 0.251. The van der Waals surface area contributed by atoms with E-state index in [1.807, 2.05) is 13.0 Å². The third-order valence-electron chi connectivity index (χ3n) is 5.63.